The molecule has 1 aliphatic rings. The zero-order valence-corrected chi connectivity index (χ0v) is 13.6. The number of amides is 2. The molecule has 1 aliphatic heterocycles. The number of rotatable bonds is 5. The monoisotopic (exact) mass is 327 g/mol. The van der Waals surface area contributed by atoms with Crippen LogP contribution in [-0.4, -0.2) is 32.0 Å². The molecule has 3 N–H and O–H groups in total. The van der Waals surface area contributed by atoms with Gasteiger partial charge in [-0.15, -0.1) is 12.4 Å². The third-order valence-electron chi connectivity index (χ3n) is 3.43. The Bertz CT molecular complexity index is 531. The molecule has 1 fully saturated rings. The molecule has 122 valence electrons. The highest BCUT2D eigenvalue weighted by Gasteiger charge is 2.19. The molecule has 2 rings (SSSR count). The van der Waals surface area contributed by atoms with Gasteiger partial charge in [0.25, 0.3) is 0 Å². The molecular weight excluding hydrogens is 306 g/mol. The predicted octanol–water partition coefficient (Wildman–Crippen LogP) is 2.01. The second-order valence-electron chi connectivity index (χ2n) is 5.21. The molecule has 0 aliphatic carbocycles. The predicted molar refractivity (Wildman–Crippen MR) is 88.8 cm³/mol. The van der Waals surface area contributed by atoms with Gasteiger partial charge in [0.1, 0.15) is 5.75 Å². The third-order valence-corrected chi connectivity index (χ3v) is 3.43. The van der Waals surface area contributed by atoms with Crippen molar-refractivity contribution in [1.82, 2.24) is 5.32 Å². The van der Waals surface area contributed by atoms with E-state index in [1.165, 1.54) is 6.92 Å². The molecule has 2 amide bonds. The Morgan fingerprint density at radius 3 is 2.73 bits per heavy atom. The van der Waals surface area contributed by atoms with Crippen molar-refractivity contribution in [2.45, 2.75) is 19.8 Å². The summed E-state index contributed by atoms with van der Waals surface area (Å²) in [6.07, 6.45) is 1.51. The first-order valence-corrected chi connectivity index (χ1v) is 7.04. The highest BCUT2D eigenvalue weighted by atomic mass is 35.5. The normalized spacial score (nSPS) is 16.5. The second kappa shape index (κ2) is 8.60. The number of halogens is 1. The maximum atomic E-state index is 12.1. The van der Waals surface area contributed by atoms with E-state index in [4.69, 9.17) is 4.74 Å². The molecule has 0 saturated carbocycles. The van der Waals surface area contributed by atoms with E-state index in [1.54, 1.807) is 25.3 Å². The van der Waals surface area contributed by atoms with Crippen LogP contribution in [0.5, 0.6) is 5.75 Å². The summed E-state index contributed by atoms with van der Waals surface area (Å²) in [7, 11) is 1.55. The number of anilines is 2. The lowest BCUT2D eigenvalue weighted by Gasteiger charge is -2.13. The molecule has 1 atom stereocenters. The fourth-order valence-corrected chi connectivity index (χ4v) is 2.44. The average Bonchev–Trinajstić information content (AvgIpc) is 2.91. The van der Waals surface area contributed by atoms with Crippen molar-refractivity contribution in [3.63, 3.8) is 0 Å². The summed E-state index contributed by atoms with van der Waals surface area (Å²) in [5.41, 5.74) is 1.20. The summed E-state index contributed by atoms with van der Waals surface area (Å²) in [5, 5.41) is 8.79. The van der Waals surface area contributed by atoms with Gasteiger partial charge in [-0.3, -0.25) is 9.59 Å². The lowest BCUT2D eigenvalue weighted by molar-refractivity contribution is -0.117. The maximum Gasteiger partial charge on any atom is 0.224 e. The van der Waals surface area contributed by atoms with Crippen molar-refractivity contribution in [3.05, 3.63) is 18.2 Å². The van der Waals surface area contributed by atoms with E-state index in [2.05, 4.69) is 16.0 Å². The number of carbonyl (C=O) groups excluding carboxylic acids is 2. The van der Waals surface area contributed by atoms with Crippen LogP contribution in [-0.2, 0) is 9.59 Å². The fourth-order valence-electron chi connectivity index (χ4n) is 2.44. The van der Waals surface area contributed by atoms with Crippen molar-refractivity contribution in [2.75, 3.05) is 30.8 Å². The molecule has 22 heavy (non-hydrogen) atoms. The molecule has 1 unspecified atom stereocenters. The van der Waals surface area contributed by atoms with Crippen LogP contribution < -0.4 is 20.7 Å². The van der Waals surface area contributed by atoms with Crippen LogP contribution in [0.25, 0.3) is 0 Å². The van der Waals surface area contributed by atoms with Gasteiger partial charge in [0.2, 0.25) is 11.8 Å². The largest absolute Gasteiger partial charge is 0.495 e. The minimum Gasteiger partial charge on any atom is -0.495 e. The summed E-state index contributed by atoms with van der Waals surface area (Å²) < 4.78 is 5.24. The topological polar surface area (TPSA) is 79.5 Å². The van der Waals surface area contributed by atoms with Gasteiger partial charge < -0.3 is 20.7 Å². The van der Waals surface area contributed by atoms with Crippen molar-refractivity contribution in [2.24, 2.45) is 5.92 Å². The molecule has 7 heteroatoms. The van der Waals surface area contributed by atoms with Gasteiger partial charge in [-0.2, -0.15) is 0 Å². The van der Waals surface area contributed by atoms with Gasteiger partial charge in [-0.1, -0.05) is 0 Å². The lowest BCUT2D eigenvalue weighted by Crippen LogP contribution is -2.18. The van der Waals surface area contributed by atoms with E-state index in [-0.39, 0.29) is 24.2 Å². The molecule has 1 aromatic carbocycles. The van der Waals surface area contributed by atoms with Crippen LogP contribution in [0.15, 0.2) is 18.2 Å². The maximum absolute atomic E-state index is 12.1. The van der Waals surface area contributed by atoms with Crippen molar-refractivity contribution < 1.29 is 14.3 Å². The number of carbonyl (C=O) groups is 2. The van der Waals surface area contributed by atoms with Gasteiger partial charge in [0.05, 0.1) is 12.8 Å². The van der Waals surface area contributed by atoms with E-state index < -0.39 is 0 Å². The van der Waals surface area contributed by atoms with Crippen LogP contribution in [0.1, 0.15) is 19.8 Å². The Morgan fingerprint density at radius 2 is 2.14 bits per heavy atom. The van der Waals surface area contributed by atoms with Crippen molar-refractivity contribution in [3.8, 4) is 5.75 Å². The van der Waals surface area contributed by atoms with Crippen molar-refractivity contribution >= 4 is 35.6 Å². The van der Waals surface area contributed by atoms with E-state index in [0.717, 1.165) is 19.5 Å². The second-order valence-corrected chi connectivity index (χ2v) is 5.21. The SMILES string of the molecule is COc1ccc(NC(C)=O)cc1NC(=O)CC1CCNC1.Cl. The van der Waals surface area contributed by atoms with Gasteiger partial charge in [-0.05, 0) is 43.6 Å². The van der Waals surface area contributed by atoms with Crippen LogP contribution in [0.4, 0.5) is 11.4 Å². The third kappa shape index (κ3) is 5.20. The average molecular weight is 328 g/mol. The number of hydrogen-bond acceptors (Lipinski definition) is 4. The van der Waals surface area contributed by atoms with E-state index in [9.17, 15) is 9.59 Å². The zero-order valence-electron chi connectivity index (χ0n) is 12.8. The Morgan fingerprint density at radius 1 is 1.36 bits per heavy atom. The minimum atomic E-state index is -0.158. The van der Waals surface area contributed by atoms with Crippen LogP contribution in [0, 0.1) is 5.92 Å². The zero-order chi connectivity index (χ0) is 15.2. The number of methoxy groups -OCH3 is 1. The molecule has 1 aromatic rings. The molecular formula is C15H22ClN3O3. The van der Waals surface area contributed by atoms with Gasteiger partial charge >= 0.3 is 0 Å². The van der Waals surface area contributed by atoms with Crippen LogP contribution in [0.3, 0.4) is 0 Å². The van der Waals surface area contributed by atoms with Crippen LogP contribution >= 0.6 is 12.4 Å². The van der Waals surface area contributed by atoms with Crippen molar-refractivity contribution in [1.29, 1.82) is 0 Å². The summed E-state index contributed by atoms with van der Waals surface area (Å²) in [6, 6.07) is 5.15. The molecule has 0 aromatic heterocycles. The standard InChI is InChI=1S/C15H21N3O3.ClH/c1-10(19)17-12-3-4-14(21-2)13(8-12)18-15(20)7-11-5-6-16-9-11;/h3-4,8,11,16H,5-7,9H2,1-2H3,(H,17,19)(H,18,20);1H. The number of ether oxygens (including phenoxy) is 1. The molecule has 1 heterocycles. The first-order chi connectivity index (χ1) is 10.1. The Kier molecular flexibility index (Phi) is 7.14. The van der Waals surface area contributed by atoms with E-state index in [1.807, 2.05) is 0 Å². The first-order valence-electron chi connectivity index (χ1n) is 7.04. The quantitative estimate of drug-likeness (QED) is 0.773. The van der Waals surface area contributed by atoms with Gasteiger partial charge in [0.15, 0.2) is 0 Å². The Balaban J connectivity index is 0.00000242. The Labute approximate surface area is 136 Å². The van der Waals surface area contributed by atoms with Gasteiger partial charge in [0, 0.05) is 19.0 Å². The number of hydrogen-bond donors (Lipinski definition) is 3. The van der Waals surface area contributed by atoms with Crippen LogP contribution in [0.2, 0.25) is 0 Å². The highest BCUT2D eigenvalue weighted by Crippen LogP contribution is 2.28. The lowest BCUT2D eigenvalue weighted by atomic mass is 10.0. The molecule has 0 bridgehead atoms. The summed E-state index contributed by atoms with van der Waals surface area (Å²) in [4.78, 5) is 23.2. The smallest absolute Gasteiger partial charge is 0.224 e. The van der Waals surface area contributed by atoms with E-state index >= 15 is 0 Å². The summed E-state index contributed by atoms with van der Waals surface area (Å²) >= 11 is 0. The summed E-state index contributed by atoms with van der Waals surface area (Å²) in [6.45, 7) is 3.30. The molecule has 1 saturated heterocycles. The molecule has 0 radical (unpaired) electrons. The molecule has 6 nitrogen and oxygen atoms in total. The molecule has 0 spiro atoms. The van der Waals surface area contributed by atoms with Gasteiger partial charge in [-0.25, -0.2) is 0 Å². The number of benzene rings is 1. The first kappa shape index (κ1) is 18.3. The Hall–Kier alpha value is -1.79. The number of nitrogens with one attached hydrogen (secondary N) is 3. The van der Waals surface area contributed by atoms with E-state index in [0.29, 0.717) is 29.5 Å². The fraction of sp³-hybridized carbons (Fsp3) is 0.467. The highest BCUT2D eigenvalue weighted by molar-refractivity contribution is 5.95. The summed E-state index contributed by atoms with van der Waals surface area (Å²) in [5.74, 6) is 0.757. The minimum absolute atomic E-state index is 0.